The highest BCUT2D eigenvalue weighted by Crippen LogP contribution is 2.40. The van der Waals surface area contributed by atoms with Crippen LogP contribution in [-0.2, 0) is 6.54 Å². The number of hydrogen-bond donors (Lipinski definition) is 2. The molecule has 2 aromatic rings. The minimum absolute atomic E-state index is 0.0948. The number of nitrogens with zero attached hydrogens (tertiary/aromatic N) is 2. The highest BCUT2D eigenvalue weighted by atomic mass is 19.1. The summed E-state index contributed by atoms with van der Waals surface area (Å²) in [6, 6.07) is 8.90. The van der Waals surface area contributed by atoms with E-state index in [0.29, 0.717) is 35.5 Å². The molecule has 0 unspecified atom stereocenters. The first-order valence-electron chi connectivity index (χ1n) is 9.65. The molecule has 1 fully saturated rings. The number of Topliss-reactive ketones (excluding diaryl/α,β-unsaturated/α-hetero) is 1. The molecule has 0 aliphatic carbocycles. The number of hydrogen-bond acceptors (Lipinski definition) is 6. The summed E-state index contributed by atoms with van der Waals surface area (Å²) in [5.74, 6) is 0.0449. The third kappa shape index (κ3) is 4.17. The van der Waals surface area contributed by atoms with Gasteiger partial charge in [-0.2, -0.15) is 0 Å². The molecule has 7 heteroatoms. The van der Waals surface area contributed by atoms with Gasteiger partial charge in [0.1, 0.15) is 17.3 Å². The number of β-amino-alcohol motifs (C(OH)–C–C–N with tert-alkyl or cyclic N) is 1. The lowest BCUT2D eigenvalue weighted by molar-refractivity contribution is 0.101. The number of fused-ring (bicyclic) bond motifs is 1. The summed E-state index contributed by atoms with van der Waals surface area (Å²) in [5.41, 5.74) is 1.67. The van der Waals surface area contributed by atoms with Crippen molar-refractivity contribution >= 4 is 11.9 Å². The van der Waals surface area contributed by atoms with Crippen molar-refractivity contribution in [3.63, 3.8) is 0 Å². The molecule has 0 aromatic heterocycles. The van der Waals surface area contributed by atoms with Crippen LogP contribution in [0.25, 0.3) is 6.08 Å². The lowest BCUT2D eigenvalue weighted by Gasteiger charge is -2.34. The molecule has 0 atom stereocenters. The molecule has 1 saturated heterocycles. The lowest BCUT2D eigenvalue weighted by Crippen LogP contribution is -2.46. The van der Waals surface area contributed by atoms with Crippen LogP contribution < -0.4 is 4.74 Å². The Kier molecular flexibility index (Phi) is 5.62. The summed E-state index contributed by atoms with van der Waals surface area (Å²) >= 11 is 0. The van der Waals surface area contributed by atoms with Crippen LogP contribution >= 0.6 is 0 Å². The maximum Gasteiger partial charge on any atom is 0.231 e. The van der Waals surface area contributed by atoms with Crippen molar-refractivity contribution in [1.82, 2.24) is 9.80 Å². The number of benzene rings is 2. The van der Waals surface area contributed by atoms with Crippen LogP contribution in [0.3, 0.4) is 0 Å². The van der Waals surface area contributed by atoms with Gasteiger partial charge >= 0.3 is 0 Å². The summed E-state index contributed by atoms with van der Waals surface area (Å²) in [7, 11) is 0. The number of piperazine rings is 1. The second-order valence-electron chi connectivity index (χ2n) is 7.27. The molecule has 0 saturated carbocycles. The number of ketones is 1. The second-order valence-corrected chi connectivity index (χ2v) is 7.27. The summed E-state index contributed by atoms with van der Waals surface area (Å²) in [6.45, 7) is 4.56. The van der Waals surface area contributed by atoms with E-state index >= 15 is 0 Å². The highest BCUT2D eigenvalue weighted by molar-refractivity contribution is 6.15. The topological polar surface area (TPSA) is 73.2 Å². The van der Waals surface area contributed by atoms with Crippen LogP contribution in [0.5, 0.6) is 11.5 Å². The number of halogens is 1. The minimum atomic E-state index is -0.347. The molecule has 6 nitrogen and oxygen atoms in total. The third-order valence-electron chi connectivity index (χ3n) is 5.35. The molecular weight excluding hydrogens is 375 g/mol. The maximum absolute atomic E-state index is 13.1. The monoisotopic (exact) mass is 398 g/mol. The van der Waals surface area contributed by atoms with Gasteiger partial charge in [-0.15, -0.1) is 0 Å². The van der Waals surface area contributed by atoms with Crippen LogP contribution in [-0.4, -0.2) is 65.1 Å². The Morgan fingerprint density at radius 1 is 1.03 bits per heavy atom. The van der Waals surface area contributed by atoms with E-state index in [4.69, 9.17) is 9.84 Å². The number of aliphatic hydroxyl groups is 1. The van der Waals surface area contributed by atoms with Gasteiger partial charge < -0.3 is 14.9 Å². The number of aromatic hydroxyl groups is 1. The Bertz CT molecular complexity index is 935. The Hall–Kier alpha value is -2.74. The molecule has 2 aliphatic heterocycles. The largest absolute Gasteiger partial charge is 0.507 e. The van der Waals surface area contributed by atoms with Crippen molar-refractivity contribution in [2.45, 2.75) is 6.54 Å². The van der Waals surface area contributed by atoms with Gasteiger partial charge in [-0.25, -0.2) is 4.39 Å². The molecule has 2 N–H and O–H groups in total. The average molecular weight is 398 g/mol. The first-order valence-corrected chi connectivity index (χ1v) is 9.65. The van der Waals surface area contributed by atoms with E-state index in [1.165, 1.54) is 18.2 Å². The van der Waals surface area contributed by atoms with Crippen molar-refractivity contribution in [3.8, 4) is 11.5 Å². The normalized spacial score (nSPS) is 18.8. The summed E-state index contributed by atoms with van der Waals surface area (Å²) in [6.07, 6.45) is 1.58. The molecule has 0 bridgehead atoms. The maximum atomic E-state index is 13.1. The fraction of sp³-hybridized carbons (Fsp3) is 0.318. The zero-order valence-corrected chi connectivity index (χ0v) is 16.0. The number of phenolic OH excluding ortho intramolecular Hbond substituents is 1. The van der Waals surface area contributed by atoms with Crippen molar-refractivity contribution in [3.05, 3.63) is 64.7 Å². The SMILES string of the molecule is O=C1C(=Cc2ccc(F)cc2)Oc2c1ccc(O)c2CN1CCN(CCO)CC1. The Labute approximate surface area is 168 Å². The highest BCUT2D eigenvalue weighted by Gasteiger charge is 2.32. The van der Waals surface area contributed by atoms with Gasteiger partial charge in [0, 0.05) is 39.3 Å². The van der Waals surface area contributed by atoms with E-state index in [-0.39, 0.29) is 29.7 Å². The number of carbonyl (C=O) groups is 1. The quantitative estimate of drug-likeness (QED) is 0.753. The van der Waals surface area contributed by atoms with Gasteiger partial charge in [-0.05, 0) is 35.9 Å². The number of allylic oxidation sites excluding steroid dienone is 1. The molecular formula is C22H23FN2O4. The van der Waals surface area contributed by atoms with E-state index in [0.717, 1.165) is 26.2 Å². The van der Waals surface area contributed by atoms with Crippen molar-refractivity contribution in [2.24, 2.45) is 0 Å². The van der Waals surface area contributed by atoms with Gasteiger partial charge in [0.05, 0.1) is 17.7 Å². The number of rotatable bonds is 5. The van der Waals surface area contributed by atoms with Gasteiger partial charge in [-0.3, -0.25) is 14.6 Å². The molecule has 4 rings (SSSR count). The fourth-order valence-electron chi connectivity index (χ4n) is 3.70. The molecule has 0 amide bonds. The fourth-order valence-corrected chi connectivity index (χ4v) is 3.70. The summed E-state index contributed by atoms with van der Waals surface area (Å²) in [5, 5.41) is 19.5. The lowest BCUT2D eigenvalue weighted by atomic mass is 10.0. The Morgan fingerprint density at radius 3 is 2.41 bits per heavy atom. The van der Waals surface area contributed by atoms with Crippen molar-refractivity contribution in [1.29, 1.82) is 0 Å². The predicted molar refractivity (Wildman–Crippen MR) is 106 cm³/mol. The van der Waals surface area contributed by atoms with Crippen LogP contribution in [0.4, 0.5) is 4.39 Å². The number of ether oxygens (including phenoxy) is 1. The van der Waals surface area contributed by atoms with E-state index in [1.54, 1.807) is 24.3 Å². The zero-order valence-electron chi connectivity index (χ0n) is 16.0. The van der Waals surface area contributed by atoms with Gasteiger partial charge in [-0.1, -0.05) is 12.1 Å². The van der Waals surface area contributed by atoms with Crippen LogP contribution in [0, 0.1) is 5.82 Å². The summed E-state index contributed by atoms with van der Waals surface area (Å²) in [4.78, 5) is 17.1. The number of aliphatic hydroxyl groups excluding tert-OH is 1. The first-order chi connectivity index (χ1) is 14.0. The van der Waals surface area contributed by atoms with Crippen LogP contribution in [0.1, 0.15) is 21.5 Å². The van der Waals surface area contributed by atoms with Gasteiger partial charge in [0.15, 0.2) is 5.76 Å². The zero-order chi connectivity index (χ0) is 20.4. The molecule has 0 spiro atoms. The third-order valence-corrected chi connectivity index (χ3v) is 5.35. The molecule has 2 aliphatic rings. The standard InChI is InChI=1S/C22H23FN2O4/c23-16-3-1-15(2-4-16)13-20-21(28)17-5-6-19(27)18(22(17)29-20)14-25-9-7-24(8-10-25)11-12-26/h1-6,13,26-27H,7-12,14H2. The van der Waals surface area contributed by atoms with Gasteiger partial charge in [0.25, 0.3) is 0 Å². The number of carbonyl (C=O) groups excluding carboxylic acids is 1. The Morgan fingerprint density at radius 2 is 1.72 bits per heavy atom. The molecule has 0 radical (unpaired) electrons. The van der Waals surface area contributed by atoms with E-state index < -0.39 is 0 Å². The van der Waals surface area contributed by atoms with Crippen LogP contribution in [0.2, 0.25) is 0 Å². The smallest absolute Gasteiger partial charge is 0.231 e. The average Bonchev–Trinajstić information content (AvgIpc) is 3.03. The first kappa shape index (κ1) is 19.6. The molecule has 2 aromatic carbocycles. The Balaban J connectivity index is 1.54. The van der Waals surface area contributed by atoms with Crippen molar-refractivity contribution < 1.29 is 24.1 Å². The molecule has 152 valence electrons. The molecule has 2 heterocycles. The van der Waals surface area contributed by atoms with E-state index in [1.807, 2.05) is 0 Å². The van der Waals surface area contributed by atoms with Crippen molar-refractivity contribution in [2.75, 3.05) is 39.3 Å². The van der Waals surface area contributed by atoms with E-state index in [2.05, 4.69) is 9.80 Å². The van der Waals surface area contributed by atoms with E-state index in [9.17, 15) is 14.3 Å². The summed E-state index contributed by atoms with van der Waals surface area (Å²) < 4.78 is 19.0. The second kappa shape index (κ2) is 8.32. The number of phenols is 1. The predicted octanol–water partition coefficient (Wildman–Crippen LogP) is 2.26. The van der Waals surface area contributed by atoms with Crippen LogP contribution in [0.15, 0.2) is 42.2 Å². The molecule has 29 heavy (non-hydrogen) atoms. The minimum Gasteiger partial charge on any atom is -0.507 e. The van der Waals surface area contributed by atoms with Gasteiger partial charge in [0.2, 0.25) is 5.78 Å².